The van der Waals surface area contributed by atoms with E-state index in [0.717, 1.165) is 82.2 Å². The van der Waals surface area contributed by atoms with Crippen LogP contribution in [0.1, 0.15) is 143 Å². The van der Waals surface area contributed by atoms with Crippen LogP contribution in [0.4, 0.5) is 0 Å². The maximum Gasteiger partial charge on any atom is 0.320 e. The molecule has 7 nitrogen and oxygen atoms in total. The molecule has 0 aromatic rings. The van der Waals surface area contributed by atoms with Gasteiger partial charge in [-0.05, 0) is 113 Å². The molecular formula is C40H67NO6. The van der Waals surface area contributed by atoms with E-state index >= 15 is 0 Å². The van der Waals surface area contributed by atoms with Gasteiger partial charge in [-0.1, -0.05) is 77.2 Å². The maximum atomic E-state index is 13.0. The van der Waals surface area contributed by atoms with Gasteiger partial charge in [-0.2, -0.15) is 0 Å². The molecule has 1 atom stereocenters. The highest BCUT2D eigenvalue weighted by molar-refractivity contribution is 5.72. The molecule has 4 aliphatic rings. The zero-order valence-corrected chi connectivity index (χ0v) is 30.2. The number of ether oxygens (including phenoxy) is 3. The fourth-order valence-electron chi connectivity index (χ4n) is 8.47. The van der Waals surface area contributed by atoms with Gasteiger partial charge in [0.25, 0.3) is 0 Å². The first-order valence-electron chi connectivity index (χ1n) is 19.3. The molecule has 4 fully saturated rings. The topological polar surface area (TPSA) is 82.1 Å². The first-order valence-corrected chi connectivity index (χ1v) is 19.3. The van der Waals surface area contributed by atoms with E-state index in [1.807, 2.05) is 18.7 Å². The molecule has 0 spiro atoms. The smallest absolute Gasteiger partial charge is 0.320 e. The number of unbranched alkanes of at least 4 members (excludes halogenated alkanes) is 8. The Bertz CT molecular complexity index is 934. The summed E-state index contributed by atoms with van der Waals surface area (Å²) in [5, 5.41) is 0. The van der Waals surface area contributed by atoms with Crippen molar-refractivity contribution in [3.05, 3.63) is 24.3 Å². The molecule has 7 heteroatoms. The summed E-state index contributed by atoms with van der Waals surface area (Å²) in [4.78, 5) is 40.0. The number of allylic oxidation sites excluding steroid dienone is 4. The van der Waals surface area contributed by atoms with E-state index in [-0.39, 0.29) is 55.6 Å². The first kappa shape index (κ1) is 39.3. The Morgan fingerprint density at radius 3 is 1.74 bits per heavy atom. The van der Waals surface area contributed by atoms with E-state index in [2.05, 4.69) is 31.2 Å². The minimum absolute atomic E-state index is 0.0712. The van der Waals surface area contributed by atoms with Gasteiger partial charge in [0.2, 0.25) is 0 Å². The van der Waals surface area contributed by atoms with Crippen molar-refractivity contribution in [1.82, 2.24) is 4.90 Å². The van der Waals surface area contributed by atoms with Crippen LogP contribution in [0, 0.1) is 29.1 Å². The van der Waals surface area contributed by atoms with Crippen LogP contribution in [0.2, 0.25) is 0 Å². The van der Waals surface area contributed by atoms with E-state index in [4.69, 9.17) is 14.2 Å². The molecule has 4 rings (SSSR count). The maximum absolute atomic E-state index is 13.0. The average molecular weight is 658 g/mol. The van der Waals surface area contributed by atoms with Gasteiger partial charge in [-0.15, -0.1) is 0 Å². The zero-order chi connectivity index (χ0) is 33.7. The molecule has 0 amide bonds. The number of carbonyl (C=O) groups is 3. The third-order valence-electron chi connectivity index (χ3n) is 10.7. The van der Waals surface area contributed by atoms with Crippen molar-refractivity contribution in [2.75, 3.05) is 39.5 Å². The molecule has 0 heterocycles. The lowest BCUT2D eigenvalue weighted by atomic mass is 9.49. The van der Waals surface area contributed by atoms with Gasteiger partial charge in [0, 0.05) is 6.42 Å². The summed E-state index contributed by atoms with van der Waals surface area (Å²) in [5.74, 6) is 1.26. The summed E-state index contributed by atoms with van der Waals surface area (Å²) in [6.45, 7) is 8.27. The van der Waals surface area contributed by atoms with Crippen molar-refractivity contribution in [3.63, 3.8) is 0 Å². The lowest BCUT2D eigenvalue weighted by Gasteiger charge is -2.56. The highest BCUT2D eigenvalue weighted by Crippen LogP contribution is 2.61. The van der Waals surface area contributed by atoms with Crippen molar-refractivity contribution in [3.8, 4) is 0 Å². The summed E-state index contributed by atoms with van der Waals surface area (Å²) >= 11 is 0. The first-order chi connectivity index (χ1) is 22.8. The van der Waals surface area contributed by atoms with Crippen LogP contribution in [0.5, 0.6) is 0 Å². The summed E-state index contributed by atoms with van der Waals surface area (Å²) in [6.07, 6.45) is 30.0. The van der Waals surface area contributed by atoms with E-state index in [9.17, 15) is 14.4 Å². The molecule has 4 aliphatic carbocycles. The van der Waals surface area contributed by atoms with E-state index in [1.165, 1.54) is 57.8 Å². The monoisotopic (exact) mass is 657 g/mol. The number of hydrogen-bond acceptors (Lipinski definition) is 7. The van der Waals surface area contributed by atoms with Gasteiger partial charge in [0.15, 0.2) is 0 Å². The van der Waals surface area contributed by atoms with Gasteiger partial charge in [-0.25, -0.2) is 0 Å². The molecule has 0 radical (unpaired) electrons. The van der Waals surface area contributed by atoms with E-state index in [0.29, 0.717) is 12.8 Å². The van der Waals surface area contributed by atoms with Crippen molar-refractivity contribution >= 4 is 17.9 Å². The highest BCUT2D eigenvalue weighted by Gasteiger charge is 2.51. The van der Waals surface area contributed by atoms with Gasteiger partial charge in [0.05, 0.1) is 18.9 Å². The molecule has 47 heavy (non-hydrogen) atoms. The predicted octanol–water partition coefficient (Wildman–Crippen LogP) is 8.99. The van der Waals surface area contributed by atoms with E-state index in [1.54, 1.807) is 0 Å². The van der Waals surface area contributed by atoms with Crippen LogP contribution >= 0.6 is 0 Å². The van der Waals surface area contributed by atoms with Gasteiger partial charge >= 0.3 is 17.9 Å². The highest BCUT2D eigenvalue weighted by atomic mass is 16.6. The quantitative estimate of drug-likeness (QED) is 0.0397. The van der Waals surface area contributed by atoms with Gasteiger partial charge in [-0.3, -0.25) is 19.3 Å². The fraction of sp³-hybridized carbons (Fsp3) is 0.825. The van der Waals surface area contributed by atoms with Crippen molar-refractivity contribution in [1.29, 1.82) is 0 Å². The second-order valence-corrected chi connectivity index (χ2v) is 15.0. The average Bonchev–Trinajstić information content (AvgIpc) is 3.04. The minimum atomic E-state index is -0.371. The van der Waals surface area contributed by atoms with Crippen LogP contribution in [-0.4, -0.2) is 62.3 Å². The number of carbonyl (C=O) groups excluding carboxylic acids is 3. The Hall–Kier alpha value is -2.15. The van der Waals surface area contributed by atoms with Crippen LogP contribution in [-0.2, 0) is 28.6 Å². The normalized spacial score (nSPS) is 24.0. The molecule has 0 aliphatic heterocycles. The molecule has 268 valence electrons. The minimum Gasteiger partial charge on any atom is -0.465 e. The Balaban J connectivity index is 1.31. The van der Waals surface area contributed by atoms with Crippen LogP contribution in [0.3, 0.4) is 0 Å². The Kier molecular flexibility index (Phi) is 18.8. The van der Waals surface area contributed by atoms with Crippen molar-refractivity contribution in [2.24, 2.45) is 29.1 Å². The molecule has 0 saturated heterocycles. The predicted molar refractivity (Wildman–Crippen MR) is 189 cm³/mol. The standard InChI is InChI=1S/C40H67NO6/c1-4-7-8-9-10-11-12-13-14-15-16-17-18-19-20-21-37(42)45-30-36(32-47-39(44)29-41(5-2)6-3)31-46-38(43)28-40-25-33-22-34(26-40)24-35(23-33)27-40/h10-11,13-14,33-36H,4-9,12,15-32H2,1-3H3/b11-10-,14-13-. The molecular weight excluding hydrogens is 590 g/mol. The lowest BCUT2D eigenvalue weighted by Crippen LogP contribution is -2.47. The Morgan fingerprint density at radius 1 is 0.660 bits per heavy atom. The number of nitrogens with zero attached hydrogens (tertiary/aromatic N) is 1. The molecule has 0 aromatic carbocycles. The molecule has 0 aromatic heterocycles. The Morgan fingerprint density at radius 2 is 1.17 bits per heavy atom. The second kappa shape index (κ2) is 22.5. The summed E-state index contributed by atoms with van der Waals surface area (Å²) < 4.78 is 16.9. The van der Waals surface area contributed by atoms with Crippen LogP contribution in [0.25, 0.3) is 0 Å². The van der Waals surface area contributed by atoms with Gasteiger partial charge < -0.3 is 14.2 Å². The number of likely N-dealkylation sites (N-methyl/N-ethyl adjacent to an activating group) is 1. The van der Waals surface area contributed by atoms with E-state index < -0.39 is 0 Å². The Labute approximate surface area is 286 Å². The van der Waals surface area contributed by atoms with Crippen molar-refractivity contribution in [2.45, 2.75) is 143 Å². The second-order valence-electron chi connectivity index (χ2n) is 15.0. The number of esters is 3. The number of rotatable bonds is 26. The fourth-order valence-corrected chi connectivity index (χ4v) is 8.47. The third kappa shape index (κ3) is 15.7. The molecule has 4 saturated carbocycles. The SMILES string of the molecule is CCCCC/C=C\C/C=C\CCCCCCCC(=O)OCC(COC(=O)CN(CC)CC)COC(=O)CC12CC3CC(CC(C3)C1)C2. The van der Waals surface area contributed by atoms with Crippen LogP contribution < -0.4 is 0 Å². The lowest BCUT2D eigenvalue weighted by molar-refractivity contribution is -0.157. The summed E-state index contributed by atoms with van der Waals surface area (Å²) in [7, 11) is 0. The largest absolute Gasteiger partial charge is 0.465 e. The van der Waals surface area contributed by atoms with Gasteiger partial charge in [0.1, 0.15) is 19.8 Å². The van der Waals surface area contributed by atoms with Crippen molar-refractivity contribution < 1.29 is 28.6 Å². The molecule has 0 N–H and O–H groups in total. The molecule has 4 bridgehead atoms. The summed E-state index contributed by atoms with van der Waals surface area (Å²) in [5.41, 5.74) is 0.117. The number of hydrogen-bond donors (Lipinski definition) is 0. The third-order valence-corrected chi connectivity index (χ3v) is 10.7. The summed E-state index contributed by atoms with van der Waals surface area (Å²) in [6, 6.07) is 0. The van der Waals surface area contributed by atoms with Crippen LogP contribution in [0.15, 0.2) is 24.3 Å². The molecule has 1 unspecified atom stereocenters. The zero-order valence-electron chi connectivity index (χ0n) is 30.2.